The van der Waals surface area contributed by atoms with Crippen LogP contribution in [0.2, 0.25) is 0 Å². The van der Waals surface area contributed by atoms with Gasteiger partial charge in [0.25, 0.3) is 0 Å². The number of carbonyl (C=O) groups is 1. The zero-order valence-corrected chi connectivity index (χ0v) is 14.2. The van der Waals surface area contributed by atoms with Gasteiger partial charge in [-0.15, -0.1) is 0 Å². The van der Waals surface area contributed by atoms with Crippen LogP contribution in [0.4, 0.5) is 4.79 Å². The number of amides is 2. The highest BCUT2D eigenvalue weighted by Gasteiger charge is 2.36. The van der Waals surface area contributed by atoms with Crippen molar-refractivity contribution in [3.05, 3.63) is 0 Å². The monoisotopic (exact) mass is 324 g/mol. The standard InChI is InChI=1S/C18H32N2O3/c21-18(19-10-12-22-16-5-3-1-2-4-6-16)20-15-9-11-23-17(13-15)14-7-8-14/h14-17H,1-13H2,(H2,19,20,21)/t15-,17+/m0/s1. The topological polar surface area (TPSA) is 59.6 Å². The molecular formula is C18H32N2O3. The fraction of sp³-hybridized carbons (Fsp3) is 0.944. The Balaban J connectivity index is 1.25. The van der Waals surface area contributed by atoms with Crippen molar-refractivity contribution < 1.29 is 14.3 Å². The summed E-state index contributed by atoms with van der Waals surface area (Å²) in [6.45, 7) is 1.99. The number of nitrogens with one attached hydrogen (secondary N) is 2. The fourth-order valence-corrected chi connectivity index (χ4v) is 3.79. The summed E-state index contributed by atoms with van der Waals surface area (Å²) in [6, 6.07) is 0.202. The van der Waals surface area contributed by atoms with E-state index >= 15 is 0 Å². The second-order valence-electron chi connectivity index (χ2n) is 7.35. The molecule has 5 nitrogen and oxygen atoms in total. The number of rotatable bonds is 6. The average molecular weight is 324 g/mol. The number of urea groups is 1. The smallest absolute Gasteiger partial charge is 0.315 e. The third-order valence-corrected chi connectivity index (χ3v) is 5.34. The lowest BCUT2D eigenvalue weighted by molar-refractivity contribution is -0.00923. The number of ether oxygens (including phenoxy) is 2. The van der Waals surface area contributed by atoms with Gasteiger partial charge in [0.2, 0.25) is 0 Å². The molecule has 1 saturated heterocycles. The summed E-state index contributed by atoms with van der Waals surface area (Å²) in [6.07, 6.45) is 12.9. The third kappa shape index (κ3) is 5.96. The van der Waals surface area contributed by atoms with Gasteiger partial charge in [-0.2, -0.15) is 0 Å². The van der Waals surface area contributed by atoms with E-state index in [1.165, 1.54) is 51.4 Å². The molecule has 0 spiro atoms. The van der Waals surface area contributed by atoms with Crippen LogP contribution >= 0.6 is 0 Å². The number of hydrogen-bond donors (Lipinski definition) is 2. The molecule has 2 aliphatic carbocycles. The maximum atomic E-state index is 12.0. The summed E-state index contributed by atoms with van der Waals surface area (Å²) in [5.41, 5.74) is 0. The molecule has 0 unspecified atom stereocenters. The van der Waals surface area contributed by atoms with E-state index < -0.39 is 0 Å². The van der Waals surface area contributed by atoms with E-state index in [0.717, 1.165) is 25.4 Å². The summed E-state index contributed by atoms with van der Waals surface area (Å²) in [7, 11) is 0. The van der Waals surface area contributed by atoms with Gasteiger partial charge in [0.15, 0.2) is 0 Å². The van der Waals surface area contributed by atoms with Crippen molar-refractivity contribution in [1.82, 2.24) is 10.6 Å². The van der Waals surface area contributed by atoms with Crippen molar-refractivity contribution >= 4 is 6.03 Å². The van der Waals surface area contributed by atoms with Crippen molar-refractivity contribution in [1.29, 1.82) is 0 Å². The van der Waals surface area contributed by atoms with Gasteiger partial charge in [0, 0.05) is 19.2 Å². The molecule has 3 rings (SSSR count). The molecule has 0 aromatic carbocycles. The Bertz CT molecular complexity index is 365. The highest BCUT2D eigenvalue weighted by molar-refractivity contribution is 5.74. The van der Waals surface area contributed by atoms with Gasteiger partial charge >= 0.3 is 6.03 Å². The molecule has 3 fully saturated rings. The van der Waals surface area contributed by atoms with E-state index in [1.54, 1.807) is 0 Å². The van der Waals surface area contributed by atoms with Gasteiger partial charge in [-0.1, -0.05) is 25.7 Å². The van der Waals surface area contributed by atoms with Crippen LogP contribution in [0, 0.1) is 5.92 Å². The summed E-state index contributed by atoms with van der Waals surface area (Å²) in [5.74, 6) is 0.746. The van der Waals surface area contributed by atoms with Crippen molar-refractivity contribution in [2.24, 2.45) is 5.92 Å². The Labute approximate surface area is 139 Å². The summed E-state index contributed by atoms with van der Waals surface area (Å²) >= 11 is 0. The van der Waals surface area contributed by atoms with Crippen LogP contribution in [0.3, 0.4) is 0 Å². The van der Waals surface area contributed by atoms with E-state index in [-0.39, 0.29) is 12.1 Å². The zero-order chi connectivity index (χ0) is 15.9. The van der Waals surface area contributed by atoms with Crippen LogP contribution in [0.15, 0.2) is 0 Å². The minimum Gasteiger partial charge on any atom is -0.378 e. The quantitative estimate of drug-likeness (QED) is 0.583. The average Bonchev–Trinajstić information content (AvgIpc) is 3.39. The van der Waals surface area contributed by atoms with Crippen LogP contribution in [0.5, 0.6) is 0 Å². The lowest BCUT2D eigenvalue weighted by atomic mass is 10.0. The number of carbonyl (C=O) groups excluding carboxylic acids is 1. The second kappa shape index (κ2) is 8.88. The zero-order valence-electron chi connectivity index (χ0n) is 14.2. The van der Waals surface area contributed by atoms with Crippen LogP contribution < -0.4 is 10.6 Å². The highest BCUT2D eigenvalue weighted by atomic mass is 16.5. The fourth-order valence-electron chi connectivity index (χ4n) is 3.79. The van der Waals surface area contributed by atoms with Crippen molar-refractivity contribution in [2.45, 2.75) is 82.5 Å². The Morgan fingerprint density at radius 1 is 1.04 bits per heavy atom. The van der Waals surface area contributed by atoms with E-state index in [0.29, 0.717) is 25.4 Å². The van der Waals surface area contributed by atoms with Gasteiger partial charge in [0.05, 0.1) is 18.8 Å². The lowest BCUT2D eigenvalue weighted by Gasteiger charge is -2.30. The first-order valence-corrected chi connectivity index (χ1v) is 9.59. The first-order chi connectivity index (χ1) is 11.3. The molecule has 0 radical (unpaired) electrons. The van der Waals surface area contributed by atoms with Crippen LogP contribution in [-0.4, -0.2) is 44.0 Å². The third-order valence-electron chi connectivity index (χ3n) is 5.34. The molecule has 0 aromatic heterocycles. The van der Waals surface area contributed by atoms with Crippen LogP contribution in [0.25, 0.3) is 0 Å². The van der Waals surface area contributed by atoms with Gasteiger partial charge in [-0.05, 0) is 44.4 Å². The van der Waals surface area contributed by atoms with Crippen LogP contribution in [0.1, 0.15) is 64.2 Å². The van der Waals surface area contributed by atoms with Gasteiger partial charge in [0.1, 0.15) is 0 Å². The molecule has 132 valence electrons. The Kier molecular flexibility index (Phi) is 6.57. The molecule has 0 aromatic rings. The van der Waals surface area contributed by atoms with Crippen molar-refractivity contribution in [3.63, 3.8) is 0 Å². The predicted octanol–water partition coefficient (Wildman–Crippen LogP) is 2.98. The molecule has 2 atom stereocenters. The molecular weight excluding hydrogens is 292 g/mol. The molecule has 23 heavy (non-hydrogen) atoms. The molecule has 1 aliphatic heterocycles. The normalized spacial score (nSPS) is 29.7. The molecule has 5 heteroatoms. The first-order valence-electron chi connectivity index (χ1n) is 9.59. The van der Waals surface area contributed by atoms with Crippen molar-refractivity contribution in [2.75, 3.05) is 19.8 Å². The minimum absolute atomic E-state index is 0.0593. The molecule has 0 bridgehead atoms. The molecule has 3 aliphatic rings. The Hall–Kier alpha value is -0.810. The van der Waals surface area contributed by atoms with Crippen LogP contribution in [-0.2, 0) is 9.47 Å². The first kappa shape index (κ1) is 17.0. The molecule has 2 amide bonds. The van der Waals surface area contributed by atoms with Crippen molar-refractivity contribution in [3.8, 4) is 0 Å². The van der Waals surface area contributed by atoms with Gasteiger partial charge in [-0.25, -0.2) is 4.79 Å². The van der Waals surface area contributed by atoms with Gasteiger partial charge < -0.3 is 20.1 Å². The molecule has 2 N–H and O–H groups in total. The van der Waals surface area contributed by atoms with E-state index in [2.05, 4.69) is 10.6 Å². The Morgan fingerprint density at radius 3 is 2.57 bits per heavy atom. The van der Waals surface area contributed by atoms with E-state index in [4.69, 9.17) is 9.47 Å². The van der Waals surface area contributed by atoms with Gasteiger partial charge in [-0.3, -0.25) is 0 Å². The Morgan fingerprint density at radius 2 is 1.83 bits per heavy atom. The summed E-state index contributed by atoms with van der Waals surface area (Å²) in [5, 5.41) is 6.02. The second-order valence-corrected chi connectivity index (χ2v) is 7.35. The highest BCUT2D eigenvalue weighted by Crippen LogP contribution is 2.38. The SMILES string of the molecule is O=C(NCCOC1CCCCCC1)N[C@H]1CCO[C@@H](C2CC2)C1. The summed E-state index contributed by atoms with van der Waals surface area (Å²) < 4.78 is 11.7. The maximum Gasteiger partial charge on any atom is 0.315 e. The lowest BCUT2D eigenvalue weighted by Crippen LogP contribution is -2.47. The maximum absolute atomic E-state index is 12.0. The molecule has 2 saturated carbocycles. The largest absolute Gasteiger partial charge is 0.378 e. The number of hydrogen-bond acceptors (Lipinski definition) is 3. The van der Waals surface area contributed by atoms with E-state index in [1.807, 2.05) is 0 Å². The van der Waals surface area contributed by atoms with E-state index in [9.17, 15) is 4.79 Å². The predicted molar refractivity (Wildman–Crippen MR) is 89.5 cm³/mol. The summed E-state index contributed by atoms with van der Waals surface area (Å²) in [4.78, 5) is 12.0. The molecule has 1 heterocycles. The minimum atomic E-state index is -0.0593.